The second kappa shape index (κ2) is 7.73. The number of carbonyl (C=O) groups is 1. The van der Waals surface area contributed by atoms with Crippen molar-refractivity contribution < 1.29 is 4.79 Å². The van der Waals surface area contributed by atoms with Gasteiger partial charge in [0.1, 0.15) is 0 Å². The van der Waals surface area contributed by atoms with Gasteiger partial charge in [-0.3, -0.25) is 4.79 Å². The Morgan fingerprint density at radius 3 is 2.53 bits per heavy atom. The molecule has 0 aliphatic heterocycles. The third-order valence-corrected chi connectivity index (χ3v) is 3.27. The first-order chi connectivity index (χ1) is 8.90. The molecule has 0 aromatic heterocycles. The number of benzene rings is 1. The van der Waals surface area contributed by atoms with Crippen LogP contribution >= 0.6 is 23.2 Å². The minimum atomic E-state index is -0.214. The molecular weight excluding hydrogens is 283 g/mol. The van der Waals surface area contributed by atoms with Crippen LogP contribution in [0.5, 0.6) is 0 Å². The molecule has 1 aromatic carbocycles. The standard InChI is InChI=1S/C14H20Cl2N2O/c1-9(2)18-14(19)10(3)17-7-6-11-4-5-12(15)8-13(11)16/h4-5,8-10,17H,6-7H2,1-3H3,(H,18,19). The summed E-state index contributed by atoms with van der Waals surface area (Å²) in [4.78, 5) is 11.7. The summed E-state index contributed by atoms with van der Waals surface area (Å²) in [5.74, 6) is 0.0113. The SMILES string of the molecule is CC(C)NC(=O)C(C)NCCc1ccc(Cl)cc1Cl. The summed E-state index contributed by atoms with van der Waals surface area (Å²) in [7, 11) is 0. The molecule has 0 fully saturated rings. The number of nitrogens with one attached hydrogen (secondary N) is 2. The smallest absolute Gasteiger partial charge is 0.237 e. The van der Waals surface area contributed by atoms with Crippen molar-refractivity contribution in [2.75, 3.05) is 6.54 Å². The van der Waals surface area contributed by atoms with Crippen LogP contribution in [0.25, 0.3) is 0 Å². The van der Waals surface area contributed by atoms with E-state index >= 15 is 0 Å². The summed E-state index contributed by atoms with van der Waals surface area (Å²) in [5, 5.41) is 7.33. The number of hydrogen-bond donors (Lipinski definition) is 2. The van der Waals surface area contributed by atoms with Crippen LogP contribution < -0.4 is 10.6 Å². The van der Waals surface area contributed by atoms with E-state index in [-0.39, 0.29) is 18.0 Å². The van der Waals surface area contributed by atoms with E-state index in [1.807, 2.05) is 32.9 Å². The minimum Gasteiger partial charge on any atom is -0.353 e. The van der Waals surface area contributed by atoms with Crippen molar-refractivity contribution in [1.29, 1.82) is 0 Å². The number of halogens is 2. The molecule has 1 aromatic rings. The van der Waals surface area contributed by atoms with E-state index in [4.69, 9.17) is 23.2 Å². The molecule has 0 bridgehead atoms. The van der Waals surface area contributed by atoms with Gasteiger partial charge in [0.25, 0.3) is 0 Å². The van der Waals surface area contributed by atoms with Crippen LogP contribution in [0.3, 0.4) is 0 Å². The average molecular weight is 303 g/mol. The second-order valence-electron chi connectivity index (χ2n) is 4.82. The summed E-state index contributed by atoms with van der Waals surface area (Å²) in [6.45, 7) is 6.42. The molecule has 0 saturated heterocycles. The summed E-state index contributed by atoms with van der Waals surface area (Å²) < 4.78 is 0. The first kappa shape index (κ1) is 16.3. The molecule has 1 unspecified atom stereocenters. The van der Waals surface area contributed by atoms with Crippen molar-refractivity contribution in [2.24, 2.45) is 0 Å². The fraction of sp³-hybridized carbons (Fsp3) is 0.500. The molecule has 0 saturated carbocycles. The van der Waals surface area contributed by atoms with Gasteiger partial charge >= 0.3 is 0 Å². The number of amides is 1. The highest BCUT2D eigenvalue weighted by atomic mass is 35.5. The van der Waals surface area contributed by atoms with Gasteiger partial charge in [-0.2, -0.15) is 0 Å². The average Bonchev–Trinajstić information content (AvgIpc) is 2.30. The number of hydrogen-bond acceptors (Lipinski definition) is 2. The Morgan fingerprint density at radius 1 is 1.26 bits per heavy atom. The molecule has 1 rings (SSSR count). The molecule has 1 atom stereocenters. The van der Waals surface area contributed by atoms with Crippen molar-refractivity contribution in [1.82, 2.24) is 10.6 Å². The van der Waals surface area contributed by atoms with Crippen LogP contribution in [-0.2, 0) is 11.2 Å². The van der Waals surface area contributed by atoms with Gasteiger partial charge in [-0.25, -0.2) is 0 Å². The highest BCUT2D eigenvalue weighted by Gasteiger charge is 2.12. The fourth-order valence-electron chi connectivity index (χ4n) is 1.65. The van der Waals surface area contributed by atoms with Crippen LogP contribution in [-0.4, -0.2) is 24.5 Å². The lowest BCUT2D eigenvalue weighted by Crippen LogP contribution is -2.45. The lowest BCUT2D eigenvalue weighted by molar-refractivity contribution is -0.123. The summed E-state index contributed by atoms with van der Waals surface area (Å²) in [6, 6.07) is 5.40. The molecule has 0 heterocycles. The predicted octanol–water partition coefficient (Wildman–Crippen LogP) is 3.04. The van der Waals surface area contributed by atoms with E-state index in [1.165, 1.54) is 0 Å². The molecule has 106 valence electrons. The topological polar surface area (TPSA) is 41.1 Å². The molecule has 0 spiro atoms. The Kier molecular flexibility index (Phi) is 6.63. The Morgan fingerprint density at radius 2 is 1.95 bits per heavy atom. The second-order valence-corrected chi connectivity index (χ2v) is 5.67. The van der Waals surface area contributed by atoms with E-state index in [0.29, 0.717) is 16.6 Å². The Bertz CT molecular complexity index is 435. The van der Waals surface area contributed by atoms with E-state index in [0.717, 1.165) is 12.0 Å². The lowest BCUT2D eigenvalue weighted by atomic mass is 10.1. The molecule has 19 heavy (non-hydrogen) atoms. The summed E-state index contributed by atoms with van der Waals surface area (Å²) >= 11 is 11.9. The zero-order valence-corrected chi connectivity index (χ0v) is 13.0. The zero-order valence-electron chi connectivity index (χ0n) is 11.5. The van der Waals surface area contributed by atoms with E-state index < -0.39 is 0 Å². The number of rotatable bonds is 6. The number of carbonyl (C=O) groups excluding carboxylic acids is 1. The van der Waals surface area contributed by atoms with E-state index in [9.17, 15) is 4.79 Å². The van der Waals surface area contributed by atoms with Gasteiger partial charge in [-0.05, 0) is 51.4 Å². The van der Waals surface area contributed by atoms with Crippen molar-refractivity contribution >= 4 is 29.1 Å². The largest absolute Gasteiger partial charge is 0.353 e. The molecule has 1 amide bonds. The van der Waals surface area contributed by atoms with Crippen LogP contribution in [0.1, 0.15) is 26.3 Å². The highest BCUT2D eigenvalue weighted by Crippen LogP contribution is 2.21. The maximum absolute atomic E-state index is 11.7. The quantitative estimate of drug-likeness (QED) is 0.848. The maximum Gasteiger partial charge on any atom is 0.237 e. The Hall–Kier alpha value is -0.770. The fourth-order valence-corrected chi connectivity index (χ4v) is 2.15. The predicted molar refractivity (Wildman–Crippen MR) is 80.9 cm³/mol. The molecule has 0 radical (unpaired) electrons. The van der Waals surface area contributed by atoms with Gasteiger partial charge in [-0.15, -0.1) is 0 Å². The van der Waals surface area contributed by atoms with Gasteiger partial charge in [0.2, 0.25) is 5.91 Å². The van der Waals surface area contributed by atoms with Crippen LogP contribution in [0.2, 0.25) is 10.0 Å². The molecule has 3 nitrogen and oxygen atoms in total. The Labute approximate surface area is 124 Å². The van der Waals surface area contributed by atoms with Crippen LogP contribution in [0, 0.1) is 0 Å². The monoisotopic (exact) mass is 302 g/mol. The van der Waals surface area contributed by atoms with Crippen molar-refractivity contribution in [3.63, 3.8) is 0 Å². The zero-order chi connectivity index (χ0) is 14.4. The maximum atomic E-state index is 11.7. The summed E-state index contributed by atoms with van der Waals surface area (Å²) in [5.41, 5.74) is 1.02. The lowest BCUT2D eigenvalue weighted by Gasteiger charge is -2.16. The minimum absolute atomic E-state index is 0.0113. The molecule has 0 aliphatic rings. The highest BCUT2D eigenvalue weighted by molar-refractivity contribution is 6.35. The first-order valence-electron chi connectivity index (χ1n) is 6.38. The van der Waals surface area contributed by atoms with Crippen molar-refractivity contribution in [3.8, 4) is 0 Å². The van der Waals surface area contributed by atoms with E-state index in [2.05, 4.69) is 10.6 Å². The Balaban J connectivity index is 2.39. The third kappa shape index (κ3) is 5.81. The molecule has 2 N–H and O–H groups in total. The molecular formula is C14H20Cl2N2O. The van der Waals surface area contributed by atoms with Crippen LogP contribution in [0.15, 0.2) is 18.2 Å². The van der Waals surface area contributed by atoms with Crippen molar-refractivity contribution in [3.05, 3.63) is 33.8 Å². The normalized spacial score (nSPS) is 12.5. The third-order valence-electron chi connectivity index (χ3n) is 2.68. The summed E-state index contributed by atoms with van der Waals surface area (Å²) in [6.07, 6.45) is 0.759. The first-order valence-corrected chi connectivity index (χ1v) is 7.13. The van der Waals surface area contributed by atoms with Gasteiger partial charge in [0.05, 0.1) is 6.04 Å². The van der Waals surface area contributed by atoms with Gasteiger partial charge in [0, 0.05) is 16.1 Å². The molecule has 5 heteroatoms. The van der Waals surface area contributed by atoms with Gasteiger partial charge in [-0.1, -0.05) is 29.3 Å². The molecule has 0 aliphatic carbocycles. The van der Waals surface area contributed by atoms with Crippen molar-refractivity contribution in [2.45, 2.75) is 39.3 Å². The van der Waals surface area contributed by atoms with E-state index in [1.54, 1.807) is 6.07 Å². The van der Waals surface area contributed by atoms with Gasteiger partial charge < -0.3 is 10.6 Å². The van der Waals surface area contributed by atoms with Crippen LogP contribution in [0.4, 0.5) is 0 Å². The van der Waals surface area contributed by atoms with Gasteiger partial charge in [0.15, 0.2) is 0 Å².